The van der Waals surface area contributed by atoms with Gasteiger partial charge < -0.3 is 11.1 Å². The summed E-state index contributed by atoms with van der Waals surface area (Å²) in [5.74, 6) is 0.549. The zero-order chi connectivity index (χ0) is 11.0. The van der Waals surface area contributed by atoms with E-state index in [-0.39, 0.29) is 12.4 Å². The number of hydrogen-bond acceptors (Lipinski definition) is 3. The Hall–Kier alpha value is -2.00. The Balaban J connectivity index is 0.00000108. The number of anilines is 2. The molecule has 3 nitrogen and oxygen atoms in total. The van der Waals surface area contributed by atoms with E-state index in [1.807, 2.05) is 48.5 Å². The summed E-state index contributed by atoms with van der Waals surface area (Å²) in [7, 11) is 0. The maximum absolute atomic E-state index is 5.97. The summed E-state index contributed by atoms with van der Waals surface area (Å²) >= 11 is 0. The molecule has 3 rings (SSSR count). The smallest absolute Gasteiger partial charge is 0.133 e. The third kappa shape index (κ3) is 1.97. The van der Waals surface area contributed by atoms with Gasteiger partial charge in [-0.05, 0) is 24.3 Å². The first kappa shape index (κ1) is 11.5. The lowest BCUT2D eigenvalue weighted by molar-refractivity contribution is 1.48. The van der Waals surface area contributed by atoms with Gasteiger partial charge in [0.1, 0.15) is 5.84 Å². The summed E-state index contributed by atoms with van der Waals surface area (Å²) in [5.41, 5.74) is 9.76. The van der Waals surface area contributed by atoms with Crippen molar-refractivity contribution in [2.24, 2.45) is 10.7 Å². The molecule has 0 bridgehead atoms. The largest absolute Gasteiger partial charge is 0.383 e. The Labute approximate surface area is 106 Å². The molecule has 1 aliphatic heterocycles. The van der Waals surface area contributed by atoms with Gasteiger partial charge in [0.15, 0.2) is 0 Å². The van der Waals surface area contributed by atoms with Crippen LogP contribution in [0.4, 0.5) is 17.1 Å². The van der Waals surface area contributed by atoms with Crippen LogP contribution in [0.15, 0.2) is 53.5 Å². The molecule has 1 heterocycles. The summed E-state index contributed by atoms with van der Waals surface area (Å²) < 4.78 is 0. The van der Waals surface area contributed by atoms with E-state index in [0.29, 0.717) is 5.84 Å². The highest BCUT2D eigenvalue weighted by Crippen LogP contribution is 2.32. The molecule has 0 aromatic heterocycles. The number of amidine groups is 1. The first-order chi connectivity index (χ1) is 7.84. The third-order valence-electron chi connectivity index (χ3n) is 2.62. The fraction of sp³-hybridized carbons (Fsp3) is 0. The number of nitrogens with zero attached hydrogens (tertiary/aromatic N) is 1. The molecule has 86 valence electrons. The van der Waals surface area contributed by atoms with Gasteiger partial charge in [-0.2, -0.15) is 0 Å². The van der Waals surface area contributed by atoms with E-state index in [0.717, 1.165) is 22.6 Å². The minimum Gasteiger partial charge on any atom is -0.383 e. The van der Waals surface area contributed by atoms with Gasteiger partial charge in [-0.15, -0.1) is 12.4 Å². The van der Waals surface area contributed by atoms with Gasteiger partial charge in [-0.3, -0.25) is 0 Å². The Morgan fingerprint density at radius 1 is 0.882 bits per heavy atom. The van der Waals surface area contributed by atoms with Crippen molar-refractivity contribution in [2.45, 2.75) is 0 Å². The zero-order valence-electron chi connectivity index (χ0n) is 9.05. The summed E-state index contributed by atoms with van der Waals surface area (Å²) in [6.45, 7) is 0. The number of aliphatic imine (C=N–C) groups is 1. The molecule has 17 heavy (non-hydrogen) atoms. The molecule has 0 aliphatic carbocycles. The van der Waals surface area contributed by atoms with E-state index in [4.69, 9.17) is 5.73 Å². The van der Waals surface area contributed by atoms with Crippen LogP contribution in [-0.2, 0) is 0 Å². The van der Waals surface area contributed by atoms with Crippen molar-refractivity contribution in [1.29, 1.82) is 0 Å². The van der Waals surface area contributed by atoms with E-state index in [1.165, 1.54) is 0 Å². The van der Waals surface area contributed by atoms with Crippen molar-refractivity contribution < 1.29 is 0 Å². The van der Waals surface area contributed by atoms with E-state index in [2.05, 4.69) is 10.3 Å². The van der Waals surface area contributed by atoms with Crippen LogP contribution in [0.25, 0.3) is 0 Å². The van der Waals surface area contributed by atoms with Crippen LogP contribution in [0.2, 0.25) is 0 Å². The Morgan fingerprint density at radius 3 is 2.35 bits per heavy atom. The molecule has 0 amide bonds. The van der Waals surface area contributed by atoms with Crippen molar-refractivity contribution in [3.8, 4) is 0 Å². The molecular formula is C13H12ClN3. The number of rotatable bonds is 0. The zero-order valence-corrected chi connectivity index (χ0v) is 9.87. The number of fused-ring (bicyclic) bond motifs is 2. The fourth-order valence-corrected chi connectivity index (χ4v) is 1.83. The molecule has 0 saturated heterocycles. The molecule has 0 atom stereocenters. The van der Waals surface area contributed by atoms with E-state index < -0.39 is 0 Å². The lowest BCUT2D eigenvalue weighted by Crippen LogP contribution is -2.13. The van der Waals surface area contributed by atoms with Gasteiger partial charge in [-0.1, -0.05) is 24.3 Å². The predicted octanol–water partition coefficient (Wildman–Crippen LogP) is 3.20. The summed E-state index contributed by atoms with van der Waals surface area (Å²) in [4.78, 5) is 4.41. The van der Waals surface area contributed by atoms with Gasteiger partial charge >= 0.3 is 0 Å². The van der Waals surface area contributed by atoms with Gasteiger partial charge in [0.2, 0.25) is 0 Å². The van der Waals surface area contributed by atoms with Crippen LogP contribution in [-0.4, -0.2) is 5.84 Å². The maximum atomic E-state index is 5.97. The van der Waals surface area contributed by atoms with Crippen molar-refractivity contribution in [2.75, 3.05) is 5.32 Å². The summed E-state index contributed by atoms with van der Waals surface area (Å²) in [6, 6.07) is 15.8. The minimum absolute atomic E-state index is 0. The first-order valence-electron chi connectivity index (χ1n) is 5.14. The number of hydrogen-bond donors (Lipinski definition) is 2. The normalized spacial score (nSPS) is 12.1. The summed E-state index contributed by atoms with van der Waals surface area (Å²) in [5, 5.41) is 3.34. The number of para-hydroxylation sites is 3. The Kier molecular flexibility index (Phi) is 3.02. The lowest BCUT2D eigenvalue weighted by atomic mass is 10.1. The molecular weight excluding hydrogens is 234 g/mol. The number of nitrogens with two attached hydrogens (primary N) is 1. The van der Waals surface area contributed by atoms with Crippen molar-refractivity contribution in [3.63, 3.8) is 0 Å². The molecule has 3 N–H and O–H groups in total. The van der Waals surface area contributed by atoms with E-state index in [9.17, 15) is 0 Å². The van der Waals surface area contributed by atoms with Crippen LogP contribution >= 0.6 is 12.4 Å². The second kappa shape index (κ2) is 4.47. The van der Waals surface area contributed by atoms with Crippen LogP contribution < -0.4 is 11.1 Å². The second-order valence-corrected chi connectivity index (χ2v) is 3.68. The van der Waals surface area contributed by atoms with Gasteiger partial charge in [0, 0.05) is 11.3 Å². The molecule has 0 fully saturated rings. The highest BCUT2D eigenvalue weighted by molar-refractivity contribution is 6.06. The lowest BCUT2D eigenvalue weighted by Gasteiger charge is -2.08. The van der Waals surface area contributed by atoms with Gasteiger partial charge in [0.25, 0.3) is 0 Å². The molecule has 0 radical (unpaired) electrons. The topological polar surface area (TPSA) is 50.4 Å². The van der Waals surface area contributed by atoms with Crippen LogP contribution in [0.3, 0.4) is 0 Å². The first-order valence-corrected chi connectivity index (χ1v) is 5.14. The standard InChI is InChI=1S/C13H11N3.ClH/c14-13-9-5-1-2-6-10(9)15-11-7-3-4-8-12(11)16-13;/h1-8,15H,(H2,14,16);1H. The monoisotopic (exact) mass is 245 g/mol. The molecule has 0 saturated carbocycles. The Bertz CT molecular complexity index is 578. The van der Waals surface area contributed by atoms with Crippen molar-refractivity contribution >= 4 is 35.3 Å². The van der Waals surface area contributed by atoms with E-state index in [1.54, 1.807) is 0 Å². The molecule has 0 unspecified atom stereocenters. The fourth-order valence-electron chi connectivity index (χ4n) is 1.83. The van der Waals surface area contributed by atoms with Crippen LogP contribution in [0, 0.1) is 0 Å². The third-order valence-corrected chi connectivity index (χ3v) is 2.62. The highest BCUT2D eigenvalue weighted by Gasteiger charge is 2.12. The average molecular weight is 246 g/mol. The van der Waals surface area contributed by atoms with Gasteiger partial charge in [-0.25, -0.2) is 4.99 Å². The van der Waals surface area contributed by atoms with Crippen LogP contribution in [0.5, 0.6) is 0 Å². The predicted molar refractivity (Wildman–Crippen MR) is 73.8 cm³/mol. The van der Waals surface area contributed by atoms with E-state index >= 15 is 0 Å². The Morgan fingerprint density at radius 2 is 1.53 bits per heavy atom. The SMILES string of the molecule is Cl.NC1=Nc2ccccc2Nc2ccccc21. The number of nitrogens with one attached hydrogen (secondary N) is 1. The molecule has 2 aromatic carbocycles. The minimum atomic E-state index is 0. The number of benzene rings is 2. The molecule has 4 heteroatoms. The van der Waals surface area contributed by atoms with Gasteiger partial charge in [0.05, 0.1) is 11.4 Å². The number of halogens is 1. The molecule has 2 aromatic rings. The van der Waals surface area contributed by atoms with Crippen molar-refractivity contribution in [3.05, 3.63) is 54.1 Å². The highest BCUT2D eigenvalue weighted by atomic mass is 35.5. The molecule has 0 spiro atoms. The van der Waals surface area contributed by atoms with Crippen LogP contribution in [0.1, 0.15) is 5.56 Å². The second-order valence-electron chi connectivity index (χ2n) is 3.68. The quantitative estimate of drug-likeness (QED) is 0.749. The maximum Gasteiger partial charge on any atom is 0.133 e. The van der Waals surface area contributed by atoms with Crippen molar-refractivity contribution in [1.82, 2.24) is 0 Å². The summed E-state index contributed by atoms with van der Waals surface area (Å²) in [6.07, 6.45) is 0. The molecule has 1 aliphatic rings. The average Bonchev–Trinajstić information content (AvgIpc) is 2.45.